The fraction of sp³-hybridized carbons (Fsp3) is 0.250. The van der Waals surface area contributed by atoms with Gasteiger partial charge in [0.1, 0.15) is 5.82 Å². The number of halogens is 2. The van der Waals surface area contributed by atoms with Gasteiger partial charge in [-0.15, -0.1) is 11.6 Å². The Hall–Kier alpha value is -1.35. The van der Waals surface area contributed by atoms with E-state index in [-0.39, 0.29) is 5.82 Å². The summed E-state index contributed by atoms with van der Waals surface area (Å²) in [5.74, 6) is 0.167. The Balaban J connectivity index is 2.51. The molecule has 0 atom stereocenters. The maximum atomic E-state index is 13.1. The lowest BCUT2D eigenvalue weighted by molar-refractivity contribution is 0.624. The molecule has 0 N–H and O–H groups in total. The minimum Gasteiger partial charge on any atom is -0.237 e. The van der Waals surface area contributed by atoms with E-state index in [4.69, 9.17) is 11.6 Å². The Morgan fingerprint density at radius 2 is 2.25 bits per heavy atom. The quantitative estimate of drug-likeness (QED) is 0.751. The molecule has 1 aromatic carbocycles. The van der Waals surface area contributed by atoms with E-state index >= 15 is 0 Å². The first-order valence-corrected chi connectivity index (χ1v) is 5.67. The van der Waals surface area contributed by atoms with Crippen molar-refractivity contribution in [2.45, 2.75) is 19.2 Å². The van der Waals surface area contributed by atoms with Crippen LogP contribution in [0.3, 0.4) is 0 Å². The Kier molecular flexibility index (Phi) is 3.25. The van der Waals surface area contributed by atoms with E-state index < -0.39 is 0 Å². The van der Waals surface area contributed by atoms with Gasteiger partial charge in [-0.25, -0.2) is 9.07 Å². The lowest BCUT2D eigenvalue weighted by Gasteiger charge is -2.06. The lowest BCUT2D eigenvalue weighted by atomic mass is 10.2. The van der Waals surface area contributed by atoms with Gasteiger partial charge in [0.25, 0.3) is 0 Å². The van der Waals surface area contributed by atoms with Gasteiger partial charge in [0, 0.05) is 11.3 Å². The van der Waals surface area contributed by atoms with Crippen LogP contribution >= 0.6 is 11.6 Å². The molecule has 1 heterocycles. The van der Waals surface area contributed by atoms with Gasteiger partial charge in [0.05, 0.1) is 17.8 Å². The van der Waals surface area contributed by atoms with Crippen LogP contribution in [-0.2, 0) is 12.3 Å². The van der Waals surface area contributed by atoms with Gasteiger partial charge in [-0.05, 0) is 24.6 Å². The number of aromatic nitrogens is 2. The minimum absolute atomic E-state index is 0.262. The smallest absolute Gasteiger partial charge is 0.125 e. The van der Waals surface area contributed by atoms with E-state index in [0.29, 0.717) is 5.88 Å². The van der Waals surface area contributed by atoms with Crippen molar-refractivity contribution >= 4 is 11.6 Å². The summed E-state index contributed by atoms with van der Waals surface area (Å²) in [5, 5.41) is 4.23. The molecule has 0 radical (unpaired) electrons. The molecule has 0 saturated heterocycles. The van der Waals surface area contributed by atoms with Crippen molar-refractivity contribution in [3.8, 4) is 5.69 Å². The standard InChI is InChI=1S/C12H12ClFN2/c1-2-12-9(7-13)8-15-16(12)11-5-3-4-10(14)6-11/h3-6,8H,2,7H2,1H3. The van der Waals surface area contributed by atoms with Crippen molar-refractivity contribution in [1.82, 2.24) is 9.78 Å². The topological polar surface area (TPSA) is 17.8 Å². The highest BCUT2D eigenvalue weighted by Gasteiger charge is 2.09. The molecular formula is C12H12ClFN2. The highest BCUT2D eigenvalue weighted by molar-refractivity contribution is 6.17. The second-order valence-corrected chi connectivity index (χ2v) is 3.76. The number of benzene rings is 1. The maximum Gasteiger partial charge on any atom is 0.125 e. The van der Waals surface area contributed by atoms with Crippen LogP contribution in [0.2, 0.25) is 0 Å². The van der Waals surface area contributed by atoms with Crippen LogP contribution < -0.4 is 0 Å². The van der Waals surface area contributed by atoms with E-state index in [1.165, 1.54) is 12.1 Å². The van der Waals surface area contributed by atoms with E-state index in [2.05, 4.69) is 5.10 Å². The minimum atomic E-state index is -0.262. The summed E-state index contributed by atoms with van der Waals surface area (Å²) in [7, 11) is 0. The van der Waals surface area contributed by atoms with Crippen LogP contribution in [0.5, 0.6) is 0 Å². The third-order valence-corrected chi connectivity index (χ3v) is 2.77. The van der Waals surface area contributed by atoms with Crippen molar-refractivity contribution in [2.75, 3.05) is 0 Å². The van der Waals surface area contributed by atoms with E-state index in [1.807, 2.05) is 13.0 Å². The first-order chi connectivity index (χ1) is 7.76. The number of hydrogen-bond donors (Lipinski definition) is 0. The monoisotopic (exact) mass is 238 g/mol. The van der Waals surface area contributed by atoms with E-state index in [9.17, 15) is 4.39 Å². The molecule has 16 heavy (non-hydrogen) atoms. The highest BCUT2D eigenvalue weighted by atomic mass is 35.5. The predicted molar refractivity (Wildman–Crippen MR) is 62.5 cm³/mol. The molecule has 0 bridgehead atoms. The van der Waals surface area contributed by atoms with Crippen LogP contribution in [0.25, 0.3) is 5.69 Å². The third kappa shape index (κ3) is 1.95. The normalized spacial score (nSPS) is 10.7. The summed E-state index contributed by atoms with van der Waals surface area (Å²) >= 11 is 5.82. The molecule has 0 fully saturated rings. The average Bonchev–Trinajstić information content (AvgIpc) is 2.71. The molecule has 0 aliphatic carbocycles. The van der Waals surface area contributed by atoms with Crippen LogP contribution in [0.15, 0.2) is 30.5 Å². The molecular weight excluding hydrogens is 227 g/mol. The number of nitrogens with zero attached hydrogens (tertiary/aromatic N) is 2. The molecule has 0 spiro atoms. The first-order valence-electron chi connectivity index (χ1n) is 5.14. The SMILES string of the molecule is CCc1c(CCl)cnn1-c1cccc(F)c1. The second kappa shape index (κ2) is 4.66. The zero-order valence-corrected chi connectivity index (χ0v) is 9.71. The average molecular weight is 239 g/mol. The number of hydrogen-bond acceptors (Lipinski definition) is 1. The largest absolute Gasteiger partial charge is 0.237 e. The molecule has 2 nitrogen and oxygen atoms in total. The van der Waals surface area contributed by atoms with Crippen LogP contribution in [0, 0.1) is 5.82 Å². The van der Waals surface area contributed by atoms with Gasteiger partial charge >= 0.3 is 0 Å². The zero-order valence-electron chi connectivity index (χ0n) is 8.95. The molecule has 0 unspecified atom stereocenters. The zero-order chi connectivity index (χ0) is 11.5. The molecule has 2 aromatic rings. The molecule has 1 aromatic heterocycles. The third-order valence-electron chi connectivity index (χ3n) is 2.49. The van der Waals surface area contributed by atoms with Gasteiger partial charge in [-0.1, -0.05) is 13.0 Å². The van der Waals surface area contributed by atoms with Gasteiger partial charge in [-0.3, -0.25) is 0 Å². The van der Waals surface area contributed by atoms with E-state index in [0.717, 1.165) is 23.4 Å². The van der Waals surface area contributed by atoms with E-state index in [1.54, 1.807) is 16.9 Å². The molecule has 2 rings (SSSR count). The summed E-state index contributed by atoms with van der Waals surface area (Å²) in [4.78, 5) is 0. The van der Waals surface area contributed by atoms with Gasteiger partial charge < -0.3 is 0 Å². The molecule has 0 saturated carbocycles. The van der Waals surface area contributed by atoms with Crippen LogP contribution in [0.1, 0.15) is 18.2 Å². The summed E-state index contributed by atoms with van der Waals surface area (Å²) in [6.07, 6.45) is 2.55. The summed E-state index contributed by atoms with van der Waals surface area (Å²) in [6, 6.07) is 6.38. The molecule has 0 amide bonds. The fourth-order valence-electron chi connectivity index (χ4n) is 1.73. The Morgan fingerprint density at radius 3 is 2.88 bits per heavy atom. The summed E-state index contributed by atoms with van der Waals surface area (Å²) in [6.45, 7) is 2.03. The van der Waals surface area contributed by atoms with Crippen molar-refractivity contribution < 1.29 is 4.39 Å². The molecule has 0 aliphatic rings. The van der Waals surface area contributed by atoms with Gasteiger partial charge in [0.2, 0.25) is 0 Å². The Labute approximate surface area is 98.7 Å². The summed E-state index contributed by atoms with van der Waals surface area (Å²) in [5.41, 5.74) is 2.75. The van der Waals surface area contributed by atoms with Crippen molar-refractivity contribution in [3.05, 3.63) is 47.5 Å². The van der Waals surface area contributed by atoms with Gasteiger partial charge in [-0.2, -0.15) is 5.10 Å². The predicted octanol–water partition coefficient (Wildman–Crippen LogP) is 3.31. The van der Waals surface area contributed by atoms with Crippen molar-refractivity contribution in [1.29, 1.82) is 0 Å². The highest BCUT2D eigenvalue weighted by Crippen LogP contribution is 2.17. The molecule has 0 aliphatic heterocycles. The van der Waals surface area contributed by atoms with Crippen molar-refractivity contribution in [3.63, 3.8) is 0 Å². The second-order valence-electron chi connectivity index (χ2n) is 3.50. The maximum absolute atomic E-state index is 13.1. The van der Waals surface area contributed by atoms with Crippen LogP contribution in [0.4, 0.5) is 4.39 Å². The number of rotatable bonds is 3. The Morgan fingerprint density at radius 1 is 1.44 bits per heavy atom. The first kappa shape index (κ1) is 11.1. The van der Waals surface area contributed by atoms with Gasteiger partial charge in [0.15, 0.2) is 0 Å². The fourth-order valence-corrected chi connectivity index (χ4v) is 1.95. The van der Waals surface area contributed by atoms with Crippen molar-refractivity contribution in [2.24, 2.45) is 0 Å². The lowest BCUT2D eigenvalue weighted by Crippen LogP contribution is -2.02. The number of alkyl halides is 1. The molecule has 84 valence electrons. The Bertz CT molecular complexity index is 494. The van der Waals surface area contributed by atoms with Crippen LogP contribution in [-0.4, -0.2) is 9.78 Å². The molecule has 4 heteroatoms. The summed E-state index contributed by atoms with van der Waals surface area (Å²) < 4.78 is 14.8.